The van der Waals surface area contributed by atoms with Crippen molar-refractivity contribution in [2.75, 3.05) is 19.8 Å². The molecule has 0 aromatic rings. The number of carbonyl (C=O) groups is 2. The van der Waals surface area contributed by atoms with E-state index in [0.717, 1.165) is 89.9 Å². The monoisotopic (exact) mass is 857 g/mol. The number of esters is 2. The number of rotatable bonds is 38. The van der Waals surface area contributed by atoms with Crippen LogP contribution in [0.4, 0.5) is 0 Å². The van der Waals surface area contributed by atoms with E-state index in [0.29, 0.717) is 12.8 Å². The lowest BCUT2D eigenvalue weighted by Gasteiger charge is -2.39. The standard InChI is InChI=1S/C51H84O10/c1-3-5-7-9-11-13-15-17-18-19-20-21-22-23-24-25-26-28-30-32-34-36-38-40-47(54)60-44(43-59-51-50(57)49(56)48(55)45(41-52)61-51)42-58-46(53)39-37-35-33-31-29-27-16-14-12-10-8-6-4-2/h5-8,11-14,17-18,20-21,27,29,44-45,48-52,55-57H,3-4,9-10,15-16,19,22-26,28,30-43H2,1-2H3/b7-5-,8-6-,13-11-,14-12-,18-17-,21-20-,29-27-. The van der Waals surface area contributed by atoms with Gasteiger partial charge in [0.15, 0.2) is 12.4 Å². The van der Waals surface area contributed by atoms with Gasteiger partial charge in [0, 0.05) is 12.8 Å². The Bertz CT molecular complexity index is 1270. The molecule has 0 bridgehead atoms. The van der Waals surface area contributed by atoms with Crippen LogP contribution in [0.5, 0.6) is 0 Å². The van der Waals surface area contributed by atoms with Crippen molar-refractivity contribution in [2.24, 2.45) is 0 Å². The van der Waals surface area contributed by atoms with E-state index < -0.39 is 55.4 Å². The second-order valence-electron chi connectivity index (χ2n) is 15.8. The van der Waals surface area contributed by atoms with Gasteiger partial charge in [-0.15, -0.1) is 0 Å². The summed E-state index contributed by atoms with van der Waals surface area (Å²) >= 11 is 0. The highest BCUT2D eigenvalue weighted by Crippen LogP contribution is 2.22. The zero-order valence-electron chi connectivity index (χ0n) is 37.9. The van der Waals surface area contributed by atoms with E-state index in [1.807, 2.05) is 0 Å². The highest BCUT2D eigenvalue weighted by Gasteiger charge is 2.44. The predicted octanol–water partition coefficient (Wildman–Crippen LogP) is 10.6. The summed E-state index contributed by atoms with van der Waals surface area (Å²) in [6, 6.07) is 0. The van der Waals surface area contributed by atoms with Crippen LogP contribution in [0.15, 0.2) is 85.1 Å². The molecule has 6 unspecified atom stereocenters. The Kier molecular flexibility index (Phi) is 37.5. The van der Waals surface area contributed by atoms with Crippen LogP contribution >= 0.6 is 0 Å². The first-order valence-electron chi connectivity index (χ1n) is 23.7. The number of hydrogen-bond donors (Lipinski definition) is 4. The van der Waals surface area contributed by atoms with Crippen molar-refractivity contribution in [3.63, 3.8) is 0 Å². The molecule has 0 radical (unpaired) electrons. The molecule has 1 aliphatic heterocycles. The molecule has 0 amide bonds. The average Bonchev–Trinajstić information content (AvgIpc) is 3.26. The third-order valence-corrected chi connectivity index (χ3v) is 10.3. The van der Waals surface area contributed by atoms with Crippen molar-refractivity contribution in [3.8, 4) is 0 Å². The van der Waals surface area contributed by atoms with Crippen molar-refractivity contribution in [3.05, 3.63) is 85.1 Å². The van der Waals surface area contributed by atoms with E-state index in [2.05, 4.69) is 98.9 Å². The molecule has 1 saturated heterocycles. The molecule has 6 atom stereocenters. The van der Waals surface area contributed by atoms with Crippen molar-refractivity contribution in [1.82, 2.24) is 0 Å². The molecule has 1 fully saturated rings. The van der Waals surface area contributed by atoms with Crippen molar-refractivity contribution >= 4 is 11.9 Å². The number of hydrogen-bond acceptors (Lipinski definition) is 10. The van der Waals surface area contributed by atoms with Crippen LogP contribution in [-0.2, 0) is 28.5 Å². The maximum atomic E-state index is 12.8. The second kappa shape index (κ2) is 40.9. The van der Waals surface area contributed by atoms with Gasteiger partial charge in [-0.05, 0) is 83.5 Å². The smallest absolute Gasteiger partial charge is 0.306 e. The topological polar surface area (TPSA) is 152 Å². The maximum Gasteiger partial charge on any atom is 0.306 e. The summed E-state index contributed by atoms with van der Waals surface area (Å²) < 4.78 is 22.1. The molecular weight excluding hydrogens is 773 g/mol. The number of unbranched alkanes of at least 4 members (excludes halogenated alkanes) is 13. The lowest BCUT2D eigenvalue weighted by atomic mass is 9.99. The number of carbonyl (C=O) groups excluding carboxylic acids is 2. The molecule has 10 nitrogen and oxygen atoms in total. The Hall–Kier alpha value is -3.12. The lowest BCUT2D eigenvalue weighted by molar-refractivity contribution is -0.305. The van der Waals surface area contributed by atoms with E-state index in [1.165, 1.54) is 38.5 Å². The number of aliphatic hydroxyl groups is 4. The number of ether oxygens (including phenoxy) is 4. The summed E-state index contributed by atoms with van der Waals surface area (Å²) in [4.78, 5) is 25.4. The molecule has 0 aromatic heterocycles. The van der Waals surface area contributed by atoms with Gasteiger partial charge < -0.3 is 39.4 Å². The Morgan fingerprint density at radius 1 is 0.508 bits per heavy atom. The van der Waals surface area contributed by atoms with Crippen molar-refractivity contribution < 1.29 is 49.0 Å². The van der Waals surface area contributed by atoms with Gasteiger partial charge in [0.25, 0.3) is 0 Å². The van der Waals surface area contributed by atoms with E-state index in [4.69, 9.17) is 18.9 Å². The molecule has 0 aliphatic carbocycles. The highest BCUT2D eigenvalue weighted by atomic mass is 16.7. The van der Waals surface area contributed by atoms with Crippen molar-refractivity contribution in [2.45, 2.75) is 205 Å². The van der Waals surface area contributed by atoms with E-state index in [1.54, 1.807) is 0 Å². The fraction of sp³-hybridized carbons (Fsp3) is 0.686. The summed E-state index contributed by atoms with van der Waals surface area (Å²) in [7, 11) is 0. The van der Waals surface area contributed by atoms with E-state index in [-0.39, 0.29) is 26.1 Å². The molecule has 10 heteroatoms. The normalized spacial score (nSPS) is 20.5. The minimum Gasteiger partial charge on any atom is -0.462 e. The van der Waals surface area contributed by atoms with Gasteiger partial charge >= 0.3 is 11.9 Å². The molecule has 1 aliphatic rings. The Morgan fingerprint density at radius 2 is 0.918 bits per heavy atom. The molecule has 348 valence electrons. The molecule has 1 heterocycles. The number of allylic oxidation sites excluding steroid dienone is 14. The summed E-state index contributed by atoms with van der Waals surface area (Å²) in [6.07, 6.45) is 45.9. The van der Waals surface area contributed by atoms with Gasteiger partial charge in [0.2, 0.25) is 0 Å². The predicted molar refractivity (Wildman–Crippen MR) is 247 cm³/mol. The zero-order valence-corrected chi connectivity index (χ0v) is 37.9. The van der Waals surface area contributed by atoms with Crippen LogP contribution in [0.1, 0.15) is 168 Å². The first kappa shape index (κ1) is 55.9. The van der Waals surface area contributed by atoms with Crippen LogP contribution in [-0.4, -0.2) is 89.0 Å². The first-order valence-corrected chi connectivity index (χ1v) is 23.7. The Labute approximate surface area is 369 Å². The lowest BCUT2D eigenvalue weighted by Crippen LogP contribution is -2.59. The fourth-order valence-corrected chi connectivity index (χ4v) is 6.60. The summed E-state index contributed by atoms with van der Waals surface area (Å²) in [5, 5.41) is 40.1. The fourth-order valence-electron chi connectivity index (χ4n) is 6.60. The Balaban J connectivity index is 2.29. The number of aliphatic hydroxyl groups excluding tert-OH is 4. The molecule has 0 spiro atoms. The molecule has 61 heavy (non-hydrogen) atoms. The second-order valence-corrected chi connectivity index (χ2v) is 15.8. The van der Waals surface area contributed by atoms with Gasteiger partial charge in [-0.1, -0.05) is 157 Å². The SMILES string of the molecule is CC/C=C\C/C=C\C/C=C\C/C=C\CCCCCCCCCCCCC(=O)OC(COC(=O)CCCCC/C=C\C/C=C\C/C=C\CC)COC1OC(CO)C(O)C(O)C1O. The van der Waals surface area contributed by atoms with Crippen LogP contribution in [0.3, 0.4) is 0 Å². The third-order valence-electron chi connectivity index (χ3n) is 10.3. The highest BCUT2D eigenvalue weighted by molar-refractivity contribution is 5.70. The minimum absolute atomic E-state index is 0.213. The molecule has 1 rings (SSSR count). The van der Waals surface area contributed by atoms with Crippen LogP contribution in [0.25, 0.3) is 0 Å². The van der Waals surface area contributed by atoms with Gasteiger partial charge in [0.1, 0.15) is 31.0 Å². The van der Waals surface area contributed by atoms with E-state index in [9.17, 15) is 30.0 Å². The maximum absolute atomic E-state index is 12.8. The molecule has 0 aromatic carbocycles. The van der Waals surface area contributed by atoms with Gasteiger partial charge in [-0.25, -0.2) is 0 Å². The van der Waals surface area contributed by atoms with E-state index >= 15 is 0 Å². The minimum atomic E-state index is -1.60. The zero-order chi connectivity index (χ0) is 44.4. The quantitative estimate of drug-likeness (QED) is 0.0268. The largest absolute Gasteiger partial charge is 0.462 e. The third kappa shape index (κ3) is 32.3. The van der Waals surface area contributed by atoms with Gasteiger partial charge in [-0.2, -0.15) is 0 Å². The molecular formula is C51H84O10. The van der Waals surface area contributed by atoms with Crippen LogP contribution in [0, 0.1) is 0 Å². The van der Waals surface area contributed by atoms with Crippen molar-refractivity contribution in [1.29, 1.82) is 0 Å². The molecule has 4 N–H and O–H groups in total. The molecule has 0 saturated carbocycles. The van der Waals surface area contributed by atoms with Gasteiger partial charge in [0.05, 0.1) is 13.2 Å². The Morgan fingerprint density at radius 3 is 1.39 bits per heavy atom. The van der Waals surface area contributed by atoms with Crippen LogP contribution in [0.2, 0.25) is 0 Å². The average molecular weight is 857 g/mol. The van der Waals surface area contributed by atoms with Gasteiger partial charge in [-0.3, -0.25) is 9.59 Å². The summed E-state index contributed by atoms with van der Waals surface area (Å²) in [5.41, 5.74) is 0. The summed E-state index contributed by atoms with van der Waals surface area (Å²) in [5.74, 6) is -0.853. The first-order chi connectivity index (χ1) is 29.8. The summed E-state index contributed by atoms with van der Waals surface area (Å²) in [6.45, 7) is 3.15. The van der Waals surface area contributed by atoms with Crippen LogP contribution < -0.4 is 0 Å².